The maximum absolute atomic E-state index is 3.39. The molecule has 0 spiro atoms. The topological polar surface area (TPSA) is 12.0 Å². The zero-order valence-electron chi connectivity index (χ0n) is 3.78. The van der Waals surface area contributed by atoms with Crippen LogP contribution in [0.4, 0.5) is 0 Å². The lowest BCUT2D eigenvalue weighted by Gasteiger charge is -1.86. The molecule has 34 valence electrons. The molecule has 0 amide bonds. The van der Waals surface area contributed by atoms with Crippen LogP contribution in [0.5, 0.6) is 0 Å². The van der Waals surface area contributed by atoms with Gasteiger partial charge in [0.05, 0.1) is 0 Å². The van der Waals surface area contributed by atoms with Gasteiger partial charge in [0.25, 0.3) is 0 Å². The van der Waals surface area contributed by atoms with Crippen molar-refractivity contribution in [3.63, 3.8) is 0 Å². The van der Waals surface area contributed by atoms with Gasteiger partial charge in [-0.2, -0.15) is 0 Å². The minimum Gasteiger partial charge on any atom is -0.314 e. The molecule has 0 radical (unpaired) electrons. The average Bonchev–Trinajstić information content (AvgIpc) is 2.17. The Morgan fingerprint density at radius 2 is 2.50 bits per heavy atom. The Balaban J connectivity index is 2.09. The molecule has 1 aliphatic carbocycles. The zero-order valence-corrected chi connectivity index (χ0v) is 3.78. The first-order valence-electron chi connectivity index (χ1n) is 2.70. The summed E-state index contributed by atoms with van der Waals surface area (Å²) in [6, 6.07) is 0.963. The first-order valence-corrected chi connectivity index (χ1v) is 2.70. The standard InChI is InChI=1S/C5H9N/c1-2-6-5-3-4(1)5/h4-6H,1-3H2/t4-,5+/m0/s1. The number of fused-ring (bicyclic) bond motifs is 1. The molecule has 1 N–H and O–H groups in total. The highest BCUT2D eigenvalue weighted by Crippen LogP contribution is 2.37. The zero-order chi connectivity index (χ0) is 3.98. The Bertz CT molecular complexity index is 62.3. The van der Waals surface area contributed by atoms with Gasteiger partial charge >= 0.3 is 0 Å². The van der Waals surface area contributed by atoms with E-state index in [2.05, 4.69) is 5.32 Å². The molecule has 2 aliphatic rings. The van der Waals surface area contributed by atoms with Crippen LogP contribution in [-0.4, -0.2) is 12.6 Å². The number of hydrogen-bond acceptors (Lipinski definition) is 1. The van der Waals surface area contributed by atoms with Gasteiger partial charge < -0.3 is 5.32 Å². The lowest BCUT2D eigenvalue weighted by Crippen LogP contribution is -2.10. The van der Waals surface area contributed by atoms with E-state index < -0.39 is 0 Å². The minimum atomic E-state index is 0.963. The van der Waals surface area contributed by atoms with E-state index in [9.17, 15) is 0 Å². The molecule has 0 aromatic rings. The Morgan fingerprint density at radius 1 is 1.50 bits per heavy atom. The van der Waals surface area contributed by atoms with Crippen molar-refractivity contribution in [3.8, 4) is 0 Å². The first-order chi connectivity index (χ1) is 2.97. The van der Waals surface area contributed by atoms with Crippen molar-refractivity contribution in [2.24, 2.45) is 5.92 Å². The van der Waals surface area contributed by atoms with Gasteiger partial charge in [0.2, 0.25) is 0 Å². The van der Waals surface area contributed by atoms with E-state index in [0.29, 0.717) is 0 Å². The molecule has 2 atom stereocenters. The van der Waals surface area contributed by atoms with Crippen LogP contribution in [0, 0.1) is 5.92 Å². The molecule has 1 saturated carbocycles. The summed E-state index contributed by atoms with van der Waals surface area (Å²) in [5, 5.41) is 3.39. The van der Waals surface area contributed by atoms with Crippen molar-refractivity contribution in [1.29, 1.82) is 0 Å². The smallest absolute Gasteiger partial charge is 0.00996 e. The maximum Gasteiger partial charge on any atom is 0.00996 e. The van der Waals surface area contributed by atoms with E-state index >= 15 is 0 Å². The molecule has 1 saturated heterocycles. The van der Waals surface area contributed by atoms with Gasteiger partial charge in [-0.05, 0) is 25.3 Å². The molecule has 2 fully saturated rings. The van der Waals surface area contributed by atoms with Crippen LogP contribution in [0.1, 0.15) is 12.8 Å². The molecule has 6 heavy (non-hydrogen) atoms. The van der Waals surface area contributed by atoms with Crippen LogP contribution in [0.3, 0.4) is 0 Å². The van der Waals surface area contributed by atoms with Gasteiger partial charge in [0.15, 0.2) is 0 Å². The molecular weight excluding hydrogens is 74.1 g/mol. The number of nitrogens with one attached hydrogen (secondary N) is 1. The summed E-state index contributed by atoms with van der Waals surface area (Å²) in [7, 11) is 0. The van der Waals surface area contributed by atoms with E-state index in [1.807, 2.05) is 0 Å². The Hall–Kier alpha value is -0.0400. The van der Waals surface area contributed by atoms with Gasteiger partial charge in [-0.25, -0.2) is 0 Å². The third-order valence-electron chi connectivity index (χ3n) is 1.84. The molecule has 1 nitrogen and oxygen atoms in total. The summed E-state index contributed by atoms with van der Waals surface area (Å²) >= 11 is 0. The van der Waals surface area contributed by atoms with E-state index in [0.717, 1.165) is 12.0 Å². The number of hydrogen-bond donors (Lipinski definition) is 1. The van der Waals surface area contributed by atoms with Crippen molar-refractivity contribution < 1.29 is 0 Å². The summed E-state index contributed by atoms with van der Waals surface area (Å²) in [6.45, 7) is 1.29. The van der Waals surface area contributed by atoms with Crippen LogP contribution in [0.15, 0.2) is 0 Å². The monoisotopic (exact) mass is 83.1 g/mol. The largest absolute Gasteiger partial charge is 0.314 e. The maximum atomic E-state index is 3.39. The fourth-order valence-electron chi connectivity index (χ4n) is 1.27. The molecule has 1 heteroatoms. The fourth-order valence-corrected chi connectivity index (χ4v) is 1.27. The molecular formula is C5H9N. The summed E-state index contributed by atoms with van der Waals surface area (Å²) in [4.78, 5) is 0. The van der Waals surface area contributed by atoms with Crippen molar-refractivity contribution in [2.45, 2.75) is 18.9 Å². The Kier molecular flexibility index (Phi) is 0.396. The minimum absolute atomic E-state index is 0.963. The van der Waals surface area contributed by atoms with Crippen LogP contribution in [0.2, 0.25) is 0 Å². The fraction of sp³-hybridized carbons (Fsp3) is 1.00. The van der Waals surface area contributed by atoms with Crippen LogP contribution >= 0.6 is 0 Å². The van der Waals surface area contributed by atoms with Gasteiger partial charge in [0.1, 0.15) is 0 Å². The van der Waals surface area contributed by atoms with Gasteiger partial charge in [0, 0.05) is 6.04 Å². The van der Waals surface area contributed by atoms with Crippen molar-refractivity contribution in [2.75, 3.05) is 6.54 Å². The van der Waals surface area contributed by atoms with E-state index in [-0.39, 0.29) is 0 Å². The third-order valence-corrected chi connectivity index (χ3v) is 1.84. The van der Waals surface area contributed by atoms with E-state index in [1.54, 1.807) is 0 Å². The Morgan fingerprint density at radius 3 is 2.67 bits per heavy atom. The predicted molar refractivity (Wildman–Crippen MR) is 24.5 cm³/mol. The molecule has 0 aromatic heterocycles. The lowest BCUT2D eigenvalue weighted by atomic mass is 10.3. The quantitative estimate of drug-likeness (QED) is 0.446. The van der Waals surface area contributed by atoms with Crippen LogP contribution in [0.25, 0.3) is 0 Å². The number of piperidine rings is 1. The second-order valence-electron chi connectivity index (χ2n) is 2.35. The van der Waals surface area contributed by atoms with E-state index in [1.165, 1.54) is 19.4 Å². The second-order valence-corrected chi connectivity index (χ2v) is 2.35. The van der Waals surface area contributed by atoms with Gasteiger partial charge in [-0.3, -0.25) is 0 Å². The van der Waals surface area contributed by atoms with Gasteiger partial charge in [-0.15, -0.1) is 0 Å². The predicted octanol–water partition coefficient (Wildman–Crippen LogP) is 0.368. The van der Waals surface area contributed by atoms with Crippen molar-refractivity contribution in [1.82, 2.24) is 5.32 Å². The number of rotatable bonds is 0. The summed E-state index contributed by atoms with van der Waals surface area (Å²) in [5.41, 5.74) is 0. The second kappa shape index (κ2) is 0.784. The normalized spacial score (nSPS) is 52.0. The summed E-state index contributed by atoms with van der Waals surface area (Å²) in [5.74, 6) is 1.10. The molecule has 1 heterocycles. The highest BCUT2D eigenvalue weighted by molar-refractivity contribution is 4.98. The van der Waals surface area contributed by atoms with Crippen molar-refractivity contribution in [3.05, 3.63) is 0 Å². The molecule has 1 aliphatic heterocycles. The summed E-state index contributed by atoms with van der Waals surface area (Å²) in [6.07, 6.45) is 2.92. The van der Waals surface area contributed by atoms with Crippen LogP contribution in [-0.2, 0) is 0 Å². The SMILES string of the molecule is C1C[C@H]2C[C@H]2N1. The molecule has 0 unspecified atom stereocenters. The first kappa shape index (κ1) is 3.03. The highest BCUT2D eigenvalue weighted by atomic mass is 15.0. The molecule has 2 rings (SSSR count). The molecule has 0 bridgehead atoms. The third kappa shape index (κ3) is 0.243. The average molecular weight is 83.1 g/mol. The molecule has 0 aromatic carbocycles. The lowest BCUT2D eigenvalue weighted by molar-refractivity contribution is 0.741. The van der Waals surface area contributed by atoms with Crippen LogP contribution < -0.4 is 5.32 Å². The summed E-state index contributed by atoms with van der Waals surface area (Å²) < 4.78 is 0. The van der Waals surface area contributed by atoms with Crippen molar-refractivity contribution >= 4 is 0 Å². The Labute approximate surface area is 37.7 Å². The van der Waals surface area contributed by atoms with Gasteiger partial charge in [-0.1, -0.05) is 0 Å². The van der Waals surface area contributed by atoms with E-state index in [4.69, 9.17) is 0 Å². The highest BCUT2D eigenvalue weighted by Gasteiger charge is 2.40.